The molecule has 24 heavy (non-hydrogen) atoms. The van der Waals surface area contributed by atoms with Crippen LogP contribution in [0.4, 0.5) is 5.69 Å². The molecule has 0 unspecified atom stereocenters. The second-order valence-electron chi connectivity index (χ2n) is 4.61. The highest BCUT2D eigenvalue weighted by Crippen LogP contribution is 2.17. The molecule has 1 aromatic carbocycles. The molecule has 0 spiro atoms. The lowest BCUT2D eigenvalue weighted by molar-refractivity contribution is -0.111. The molecular weight excluding hydrogens is 310 g/mol. The van der Waals surface area contributed by atoms with Gasteiger partial charge in [-0.25, -0.2) is 9.59 Å². The van der Waals surface area contributed by atoms with Gasteiger partial charge >= 0.3 is 11.9 Å². The molecule has 0 radical (unpaired) electrons. The van der Waals surface area contributed by atoms with Crippen molar-refractivity contribution in [3.05, 3.63) is 53.6 Å². The van der Waals surface area contributed by atoms with E-state index in [-0.39, 0.29) is 30.2 Å². The minimum atomic E-state index is -0.580. The van der Waals surface area contributed by atoms with Gasteiger partial charge in [-0.3, -0.25) is 4.79 Å². The highest BCUT2D eigenvalue weighted by atomic mass is 16.5. The van der Waals surface area contributed by atoms with Crippen molar-refractivity contribution in [3.8, 4) is 0 Å². The van der Waals surface area contributed by atoms with Gasteiger partial charge in [0.2, 0.25) is 5.91 Å². The van der Waals surface area contributed by atoms with E-state index in [4.69, 9.17) is 9.47 Å². The summed E-state index contributed by atoms with van der Waals surface area (Å²) in [7, 11) is 0. The fourth-order valence-corrected chi connectivity index (χ4v) is 1.80. The highest BCUT2D eigenvalue weighted by Gasteiger charge is 2.15. The number of anilines is 1. The SMILES string of the molecule is C/C=C/C=C/C(=O)Nc1cc(C(=O)OCC)cc(C(=O)OCC)c1. The first-order chi connectivity index (χ1) is 11.5. The van der Waals surface area contributed by atoms with Gasteiger partial charge < -0.3 is 14.8 Å². The molecule has 0 atom stereocenters. The van der Waals surface area contributed by atoms with Gasteiger partial charge in [-0.15, -0.1) is 0 Å². The summed E-state index contributed by atoms with van der Waals surface area (Å²) in [4.78, 5) is 35.7. The Morgan fingerprint density at radius 1 is 0.958 bits per heavy atom. The highest BCUT2D eigenvalue weighted by molar-refractivity contribution is 6.02. The number of hydrogen-bond acceptors (Lipinski definition) is 5. The molecule has 0 saturated heterocycles. The molecule has 128 valence electrons. The summed E-state index contributed by atoms with van der Waals surface area (Å²) < 4.78 is 9.87. The first-order valence-electron chi connectivity index (χ1n) is 7.61. The fraction of sp³-hybridized carbons (Fsp3) is 0.278. The standard InChI is InChI=1S/C18H21NO5/c1-4-7-8-9-16(20)19-15-11-13(17(21)23-5-2)10-14(12-15)18(22)24-6-3/h4,7-12H,5-6H2,1-3H3,(H,19,20)/b7-4+,9-8+. The van der Waals surface area contributed by atoms with E-state index in [1.54, 1.807) is 32.1 Å². The van der Waals surface area contributed by atoms with Crippen molar-refractivity contribution in [2.75, 3.05) is 18.5 Å². The molecule has 1 rings (SSSR count). The third kappa shape index (κ3) is 6.08. The second kappa shape index (κ2) is 9.99. The summed E-state index contributed by atoms with van der Waals surface area (Å²) in [5.74, 6) is -1.55. The van der Waals surface area contributed by atoms with E-state index >= 15 is 0 Å². The first-order valence-corrected chi connectivity index (χ1v) is 7.61. The van der Waals surface area contributed by atoms with Crippen LogP contribution >= 0.6 is 0 Å². The number of benzene rings is 1. The third-order valence-corrected chi connectivity index (χ3v) is 2.77. The zero-order valence-corrected chi connectivity index (χ0v) is 14.0. The fourth-order valence-electron chi connectivity index (χ4n) is 1.80. The van der Waals surface area contributed by atoms with Gasteiger partial charge in [-0.05, 0) is 39.0 Å². The van der Waals surface area contributed by atoms with E-state index in [1.807, 2.05) is 6.92 Å². The van der Waals surface area contributed by atoms with Crippen molar-refractivity contribution >= 4 is 23.5 Å². The molecule has 0 aliphatic carbocycles. The maximum Gasteiger partial charge on any atom is 0.338 e. The Balaban J connectivity index is 3.11. The lowest BCUT2D eigenvalue weighted by Crippen LogP contribution is -2.13. The van der Waals surface area contributed by atoms with Gasteiger partial charge in [0, 0.05) is 11.8 Å². The summed E-state index contributed by atoms with van der Waals surface area (Å²) in [6.07, 6.45) is 6.40. The topological polar surface area (TPSA) is 81.7 Å². The van der Waals surface area contributed by atoms with Crippen LogP contribution in [0, 0.1) is 0 Å². The van der Waals surface area contributed by atoms with Crippen LogP contribution in [0.1, 0.15) is 41.5 Å². The number of rotatable bonds is 7. The summed E-state index contributed by atoms with van der Waals surface area (Å²) in [5, 5.41) is 2.60. The van der Waals surface area contributed by atoms with Crippen molar-refractivity contribution in [1.29, 1.82) is 0 Å². The average Bonchev–Trinajstić information content (AvgIpc) is 2.55. The molecule has 6 heteroatoms. The molecule has 1 amide bonds. The van der Waals surface area contributed by atoms with Crippen LogP contribution in [0.3, 0.4) is 0 Å². The van der Waals surface area contributed by atoms with Gasteiger partial charge in [0.05, 0.1) is 24.3 Å². The molecule has 1 N–H and O–H groups in total. The van der Waals surface area contributed by atoms with Crippen LogP contribution in [-0.2, 0) is 14.3 Å². The largest absolute Gasteiger partial charge is 0.462 e. The first kappa shape index (κ1) is 19.2. The predicted molar refractivity (Wildman–Crippen MR) is 90.9 cm³/mol. The zero-order chi connectivity index (χ0) is 17.9. The van der Waals surface area contributed by atoms with E-state index in [2.05, 4.69) is 5.32 Å². The quantitative estimate of drug-likeness (QED) is 0.472. The van der Waals surface area contributed by atoms with Gasteiger partial charge in [-0.2, -0.15) is 0 Å². The number of hydrogen-bond donors (Lipinski definition) is 1. The molecule has 0 fully saturated rings. The lowest BCUT2D eigenvalue weighted by Gasteiger charge is -2.09. The Kier molecular flexibility index (Phi) is 7.98. The molecule has 1 aromatic rings. The Bertz CT molecular complexity index is 625. The van der Waals surface area contributed by atoms with Gasteiger partial charge in [0.25, 0.3) is 0 Å². The number of carbonyl (C=O) groups is 3. The molecule has 0 aliphatic rings. The van der Waals surface area contributed by atoms with Crippen LogP contribution in [0.2, 0.25) is 0 Å². The molecule has 0 aliphatic heterocycles. The minimum Gasteiger partial charge on any atom is -0.462 e. The summed E-state index contributed by atoms with van der Waals surface area (Å²) in [6.45, 7) is 5.60. The molecule has 0 aromatic heterocycles. The van der Waals surface area contributed by atoms with E-state index in [1.165, 1.54) is 24.3 Å². The summed E-state index contributed by atoms with van der Waals surface area (Å²) in [5.41, 5.74) is 0.629. The minimum absolute atomic E-state index is 0.162. The number of esters is 2. The molecule has 0 saturated carbocycles. The van der Waals surface area contributed by atoms with E-state index in [0.29, 0.717) is 5.69 Å². The average molecular weight is 331 g/mol. The van der Waals surface area contributed by atoms with E-state index in [0.717, 1.165) is 0 Å². The number of amides is 1. The Morgan fingerprint density at radius 2 is 1.50 bits per heavy atom. The van der Waals surface area contributed by atoms with Crippen molar-refractivity contribution < 1.29 is 23.9 Å². The van der Waals surface area contributed by atoms with Crippen LogP contribution in [0.25, 0.3) is 0 Å². The van der Waals surface area contributed by atoms with Gasteiger partial charge in [0.15, 0.2) is 0 Å². The maximum atomic E-state index is 11.9. The monoisotopic (exact) mass is 331 g/mol. The van der Waals surface area contributed by atoms with Crippen molar-refractivity contribution in [2.45, 2.75) is 20.8 Å². The van der Waals surface area contributed by atoms with Gasteiger partial charge in [0.1, 0.15) is 0 Å². The number of allylic oxidation sites excluding steroid dienone is 3. The summed E-state index contributed by atoms with van der Waals surface area (Å²) in [6, 6.07) is 4.27. The second-order valence-corrected chi connectivity index (χ2v) is 4.61. The van der Waals surface area contributed by atoms with Crippen molar-refractivity contribution in [1.82, 2.24) is 0 Å². The van der Waals surface area contributed by atoms with E-state index < -0.39 is 11.9 Å². The van der Waals surface area contributed by atoms with Crippen LogP contribution in [-0.4, -0.2) is 31.1 Å². The number of carbonyl (C=O) groups excluding carboxylic acids is 3. The van der Waals surface area contributed by atoms with Crippen LogP contribution < -0.4 is 5.32 Å². The summed E-state index contributed by atoms with van der Waals surface area (Å²) >= 11 is 0. The lowest BCUT2D eigenvalue weighted by atomic mass is 10.1. The molecular formula is C18H21NO5. The zero-order valence-electron chi connectivity index (χ0n) is 14.0. The number of nitrogens with one attached hydrogen (secondary N) is 1. The van der Waals surface area contributed by atoms with Gasteiger partial charge in [-0.1, -0.05) is 18.2 Å². The molecule has 6 nitrogen and oxygen atoms in total. The third-order valence-electron chi connectivity index (χ3n) is 2.77. The normalized spacial score (nSPS) is 10.8. The van der Waals surface area contributed by atoms with Crippen molar-refractivity contribution in [3.63, 3.8) is 0 Å². The molecule has 0 bridgehead atoms. The van der Waals surface area contributed by atoms with Crippen LogP contribution in [0.5, 0.6) is 0 Å². The predicted octanol–water partition coefficient (Wildman–Crippen LogP) is 3.11. The smallest absolute Gasteiger partial charge is 0.338 e. The van der Waals surface area contributed by atoms with Crippen LogP contribution in [0.15, 0.2) is 42.5 Å². The molecule has 0 heterocycles. The Morgan fingerprint density at radius 3 is 1.96 bits per heavy atom. The Labute approximate surface area is 141 Å². The maximum absolute atomic E-state index is 11.9. The van der Waals surface area contributed by atoms with E-state index in [9.17, 15) is 14.4 Å². The Hall–Kier alpha value is -2.89. The number of ether oxygens (including phenoxy) is 2. The van der Waals surface area contributed by atoms with Crippen molar-refractivity contribution in [2.24, 2.45) is 0 Å².